The number of ether oxygens (including phenoxy) is 1. The lowest BCUT2D eigenvalue weighted by Gasteiger charge is -2.19. The molecule has 0 heterocycles. The molecule has 18 heavy (non-hydrogen) atoms. The van der Waals surface area contributed by atoms with E-state index in [1.54, 1.807) is 20.8 Å². The van der Waals surface area contributed by atoms with E-state index < -0.39 is 28.0 Å². The zero-order chi connectivity index (χ0) is 13.2. The van der Waals surface area contributed by atoms with Gasteiger partial charge in [-0.25, -0.2) is 4.79 Å². The molecule has 1 aromatic carbocycles. The molecular weight excluding hydrogens is 265 g/mol. The maximum atomic E-state index is 13.2. The van der Waals surface area contributed by atoms with Crippen LogP contribution in [0, 0.1) is 15.9 Å². The van der Waals surface area contributed by atoms with Crippen molar-refractivity contribution in [2.24, 2.45) is 0 Å². The van der Waals surface area contributed by atoms with Gasteiger partial charge in [-0.1, -0.05) is 0 Å². The zero-order valence-electron chi connectivity index (χ0n) is 10.1. The first-order valence-corrected chi connectivity index (χ1v) is 4.88. The average molecular weight is 278 g/mol. The Morgan fingerprint density at radius 1 is 1.39 bits per heavy atom. The number of carbonyl (C=O) groups is 1. The maximum Gasteiger partial charge on any atom is 0.338 e. The molecule has 0 amide bonds. The molecule has 0 aliphatic carbocycles. The van der Waals surface area contributed by atoms with Gasteiger partial charge in [0, 0.05) is 6.07 Å². The highest BCUT2D eigenvalue weighted by Gasteiger charge is 2.21. The summed E-state index contributed by atoms with van der Waals surface area (Å²) in [5.41, 5.74) is -1.42. The molecule has 0 aliphatic heterocycles. The van der Waals surface area contributed by atoms with Crippen LogP contribution in [0.3, 0.4) is 0 Å². The lowest BCUT2D eigenvalue weighted by Crippen LogP contribution is -2.23. The van der Waals surface area contributed by atoms with Crippen molar-refractivity contribution in [1.82, 2.24) is 0 Å². The largest absolute Gasteiger partial charge is 0.456 e. The van der Waals surface area contributed by atoms with Crippen LogP contribution in [0.1, 0.15) is 31.1 Å². The number of rotatable bonds is 2. The number of benzene rings is 1. The van der Waals surface area contributed by atoms with E-state index in [2.05, 4.69) is 0 Å². The van der Waals surface area contributed by atoms with Gasteiger partial charge >= 0.3 is 11.7 Å². The molecule has 0 saturated carbocycles. The predicted octanol–water partition coefficient (Wildman–Crippen LogP) is 3.11. The fourth-order valence-corrected chi connectivity index (χ4v) is 1.12. The standard InChI is InChI=1S/C11H12FNO4.ClH/c1-11(2,3)17-10(14)7-4-5-9(13(15)16)8(12)6-7;/h4-6H,1-3H3;1H. The van der Waals surface area contributed by atoms with Gasteiger partial charge < -0.3 is 4.74 Å². The summed E-state index contributed by atoms with van der Waals surface area (Å²) in [5, 5.41) is 10.4. The van der Waals surface area contributed by atoms with Gasteiger partial charge in [0.25, 0.3) is 0 Å². The Morgan fingerprint density at radius 3 is 2.33 bits per heavy atom. The number of nitrogens with zero attached hydrogens (tertiary/aromatic N) is 1. The van der Waals surface area contributed by atoms with E-state index in [-0.39, 0.29) is 18.0 Å². The minimum atomic E-state index is -1.06. The molecule has 0 radical (unpaired) electrons. The fraction of sp³-hybridized carbons (Fsp3) is 0.364. The first-order valence-electron chi connectivity index (χ1n) is 4.88. The van der Waals surface area contributed by atoms with Crippen LogP contribution >= 0.6 is 12.4 Å². The highest BCUT2D eigenvalue weighted by Crippen LogP contribution is 2.19. The van der Waals surface area contributed by atoms with E-state index in [0.29, 0.717) is 0 Å². The van der Waals surface area contributed by atoms with Crippen molar-refractivity contribution < 1.29 is 18.8 Å². The van der Waals surface area contributed by atoms with Gasteiger partial charge in [-0.3, -0.25) is 10.1 Å². The van der Waals surface area contributed by atoms with Crippen molar-refractivity contribution in [3.8, 4) is 0 Å². The monoisotopic (exact) mass is 277 g/mol. The van der Waals surface area contributed by atoms with Crippen LogP contribution in [0.25, 0.3) is 0 Å². The Bertz CT molecular complexity index is 471. The second-order valence-electron chi connectivity index (χ2n) is 4.43. The molecule has 100 valence electrons. The Hall–Kier alpha value is -1.69. The van der Waals surface area contributed by atoms with Gasteiger partial charge in [0.1, 0.15) is 5.60 Å². The number of esters is 1. The number of nitro benzene ring substituents is 1. The molecule has 0 saturated heterocycles. The Labute approximate surface area is 110 Å². The van der Waals surface area contributed by atoms with E-state index in [1.165, 1.54) is 0 Å². The van der Waals surface area contributed by atoms with Crippen LogP contribution in [0.2, 0.25) is 0 Å². The molecule has 1 aromatic rings. The summed E-state index contributed by atoms with van der Waals surface area (Å²) in [7, 11) is 0. The molecule has 0 N–H and O–H groups in total. The first kappa shape index (κ1) is 16.3. The molecule has 7 heteroatoms. The van der Waals surface area contributed by atoms with Crippen molar-refractivity contribution in [2.45, 2.75) is 26.4 Å². The Morgan fingerprint density at radius 2 is 1.94 bits per heavy atom. The van der Waals surface area contributed by atoms with Crippen LogP contribution in [-0.4, -0.2) is 16.5 Å². The molecule has 0 fully saturated rings. The summed E-state index contributed by atoms with van der Waals surface area (Å²) in [5.74, 6) is -1.77. The number of hydrogen-bond acceptors (Lipinski definition) is 4. The third-order valence-electron chi connectivity index (χ3n) is 1.78. The van der Waals surface area contributed by atoms with E-state index in [9.17, 15) is 19.3 Å². The Kier molecular flexibility index (Phi) is 5.23. The van der Waals surface area contributed by atoms with Gasteiger partial charge in [-0.2, -0.15) is 4.39 Å². The molecular formula is C11H13ClFNO4. The van der Waals surface area contributed by atoms with E-state index in [1.807, 2.05) is 0 Å². The van der Waals surface area contributed by atoms with Crippen LogP contribution in [-0.2, 0) is 4.74 Å². The van der Waals surface area contributed by atoms with Crippen molar-refractivity contribution in [1.29, 1.82) is 0 Å². The topological polar surface area (TPSA) is 69.4 Å². The number of hydrogen-bond donors (Lipinski definition) is 0. The van der Waals surface area contributed by atoms with Crippen molar-refractivity contribution in [2.75, 3.05) is 0 Å². The second-order valence-corrected chi connectivity index (χ2v) is 4.43. The summed E-state index contributed by atoms with van der Waals surface area (Å²) in [6.07, 6.45) is 0. The molecule has 0 unspecified atom stereocenters. The van der Waals surface area contributed by atoms with Gasteiger partial charge in [0.15, 0.2) is 0 Å². The minimum absolute atomic E-state index is 0. The van der Waals surface area contributed by atoms with Gasteiger partial charge in [-0.05, 0) is 32.9 Å². The summed E-state index contributed by atoms with van der Waals surface area (Å²) < 4.78 is 18.2. The molecule has 0 aromatic heterocycles. The van der Waals surface area contributed by atoms with Crippen LogP contribution in [0.15, 0.2) is 18.2 Å². The average Bonchev–Trinajstić information content (AvgIpc) is 2.14. The molecule has 0 bridgehead atoms. The van der Waals surface area contributed by atoms with Gasteiger partial charge in [0.05, 0.1) is 10.5 Å². The second kappa shape index (κ2) is 5.77. The van der Waals surface area contributed by atoms with Crippen molar-refractivity contribution in [3.63, 3.8) is 0 Å². The van der Waals surface area contributed by atoms with Crippen LogP contribution in [0.5, 0.6) is 0 Å². The third kappa shape index (κ3) is 4.29. The molecule has 1 rings (SSSR count). The molecule has 0 aliphatic rings. The summed E-state index contributed by atoms with van der Waals surface area (Å²) in [6, 6.07) is 2.90. The Balaban J connectivity index is 0.00000289. The fourth-order valence-electron chi connectivity index (χ4n) is 1.12. The lowest BCUT2D eigenvalue weighted by molar-refractivity contribution is -0.387. The molecule has 5 nitrogen and oxygen atoms in total. The van der Waals surface area contributed by atoms with Crippen LogP contribution < -0.4 is 0 Å². The lowest BCUT2D eigenvalue weighted by atomic mass is 10.1. The smallest absolute Gasteiger partial charge is 0.338 e. The van der Waals surface area contributed by atoms with Crippen LogP contribution in [0.4, 0.5) is 10.1 Å². The molecule has 0 atom stereocenters. The quantitative estimate of drug-likeness (QED) is 0.473. The van der Waals surface area contributed by atoms with E-state index >= 15 is 0 Å². The summed E-state index contributed by atoms with van der Waals surface area (Å²) >= 11 is 0. The van der Waals surface area contributed by atoms with Crippen molar-refractivity contribution in [3.05, 3.63) is 39.7 Å². The highest BCUT2D eigenvalue weighted by molar-refractivity contribution is 5.90. The van der Waals surface area contributed by atoms with E-state index in [0.717, 1.165) is 18.2 Å². The van der Waals surface area contributed by atoms with E-state index in [4.69, 9.17) is 4.74 Å². The number of nitro groups is 1. The predicted molar refractivity (Wildman–Crippen MR) is 65.5 cm³/mol. The van der Waals surface area contributed by atoms with Gasteiger partial charge in [-0.15, -0.1) is 12.4 Å². The van der Waals surface area contributed by atoms with Gasteiger partial charge in [0.2, 0.25) is 5.82 Å². The number of halogens is 2. The first-order chi connectivity index (χ1) is 7.70. The third-order valence-corrected chi connectivity index (χ3v) is 1.78. The maximum absolute atomic E-state index is 13.2. The summed E-state index contributed by atoms with van der Waals surface area (Å²) in [6.45, 7) is 5.02. The normalized spacial score (nSPS) is 10.4. The highest BCUT2D eigenvalue weighted by atomic mass is 35.5. The number of carbonyl (C=O) groups excluding carboxylic acids is 1. The van der Waals surface area contributed by atoms with Crippen molar-refractivity contribution >= 4 is 24.1 Å². The zero-order valence-corrected chi connectivity index (χ0v) is 10.9. The SMILES string of the molecule is CC(C)(C)OC(=O)c1ccc([N+](=O)[O-])c(F)c1.Cl. The molecule has 0 spiro atoms. The minimum Gasteiger partial charge on any atom is -0.456 e. The summed E-state index contributed by atoms with van der Waals surface area (Å²) in [4.78, 5) is 21.1.